The number of rotatable bonds is 3. The SMILES string of the molecule is O=C(NC1CCCCCCC1)C1CCCN(c2nc3ccccc3[nH]2)C1. The molecule has 2 aromatic rings. The number of nitrogens with one attached hydrogen (secondary N) is 2. The van der Waals surface area contributed by atoms with Crippen molar-refractivity contribution in [2.75, 3.05) is 18.0 Å². The van der Waals surface area contributed by atoms with E-state index in [1.165, 1.54) is 32.1 Å². The van der Waals surface area contributed by atoms with E-state index in [-0.39, 0.29) is 11.8 Å². The van der Waals surface area contributed by atoms with Crippen molar-refractivity contribution >= 4 is 22.9 Å². The zero-order valence-electron chi connectivity index (χ0n) is 15.5. The Kier molecular flexibility index (Phi) is 5.42. The second kappa shape index (κ2) is 8.11. The van der Waals surface area contributed by atoms with Gasteiger partial charge in [-0.1, -0.05) is 44.2 Å². The maximum absolute atomic E-state index is 12.8. The lowest BCUT2D eigenvalue weighted by Gasteiger charge is -2.33. The minimum absolute atomic E-state index is 0.0717. The molecule has 140 valence electrons. The fraction of sp³-hybridized carbons (Fsp3) is 0.619. The second-order valence-electron chi connectivity index (χ2n) is 7.91. The molecule has 1 unspecified atom stereocenters. The maximum atomic E-state index is 12.8. The molecule has 26 heavy (non-hydrogen) atoms. The lowest BCUT2D eigenvalue weighted by Crippen LogP contribution is -2.46. The molecular weight excluding hydrogens is 324 g/mol. The lowest BCUT2D eigenvalue weighted by molar-refractivity contribution is -0.126. The van der Waals surface area contributed by atoms with E-state index in [0.29, 0.717) is 6.04 Å². The molecule has 2 N–H and O–H groups in total. The average molecular weight is 354 g/mol. The molecule has 1 aliphatic heterocycles. The van der Waals surface area contributed by atoms with Crippen LogP contribution in [0.2, 0.25) is 0 Å². The number of H-pyrrole nitrogens is 1. The molecule has 1 saturated heterocycles. The van der Waals surface area contributed by atoms with Gasteiger partial charge >= 0.3 is 0 Å². The number of nitrogens with zero attached hydrogens (tertiary/aromatic N) is 2. The van der Waals surface area contributed by atoms with Crippen molar-refractivity contribution in [2.45, 2.75) is 63.8 Å². The van der Waals surface area contributed by atoms with Gasteiger partial charge in [0, 0.05) is 19.1 Å². The Bertz CT molecular complexity index is 699. The predicted molar refractivity (Wildman–Crippen MR) is 105 cm³/mol. The van der Waals surface area contributed by atoms with Gasteiger partial charge in [-0.2, -0.15) is 0 Å². The summed E-state index contributed by atoms with van der Waals surface area (Å²) in [6.07, 6.45) is 10.8. The monoisotopic (exact) mass is 354 g/mol. The van der Waals surface area contributed by atoms with Crippen LogP contribution in [-0.4, -0.2) is 35.0 Å². The molecule has 1 saturated carbocycles. The van der Waals surface area contributed by atoms with Crippen molar-refractivity contribution < 1.29 is 4.79 Å². The molecule has 1 aromatic carbocycles. The first-order valence-corrected chi connectivity index (χ1v) is 10.3. The Hall–Kier alpha value is -2.04. The Morgan fingerprint density at radius 1 is 1.04 bits per heavy atom. The first-order valence-electron chi connectivity index (χ1n) is 10.3. The fourth-order valence-corrected chi connectivity index (χ4v) is 4.39. The summed E-state index contributed by atoms with van der Waals surface area (Å²) in [6.45, 7) is 1.73. The van der Waals surface area contributed by atoms with Crippen LogP contribution in [0.4, 0.5) is 5.95 Å². The molecule has 2 heterocycles. The molecule has 1 aromatic heterocycles. The Morgan fingerprint density at radius 2 is 1.81 bits per heavy atom. The molecule has 2 aliphatic rings. The molecular formula is C21H30N4O. The Balaban J connectivity index is 1.38. The molecule has 0 bridgehead atoms. The summed E-state index contributed by atoms with van der Waals surface area (Å²) in [6, 6.07) is 8.48. The van der Waals surface area contributed by atoms with Gasteiger partial charge in [0.2, 0.25) is 11.9 Å². The summed E-state index contributed by atoms with van der Waals surface area (Å²) in [5.74, 6) is 1.22. The molecule has 5 heteroatoms. The number of amides is 1. The van der Waals surface area contributed by atoms with Gasteiger partial charge in [-0.05, 0) is 37.8 Å². The van der Waals surface area contributed by atoms with Crippen LogP contribution >= 0.6 is 0 Å². The number of aromatic amines is 1. The number of carbonyl (C=O) groups excluding carboxylic acids is 1. The van der Waals surface area contributed by atoms with Crippen molar-refractivity contribution in [3.63, 3.8) is 0 Å². The zero-order chi connectivity index (χ0) is 17.8. The van der Waals surface area contributed by atoms with Crippen LogP contribution in [0.5, 0.6) is 0 Å². The molecule has 1 aliphatic carbocycles. The standard InChI is InChI=1S/C21H30N4O/c26-20(22-17-10-4-2-1-3-5-11-17)16-9-8-14-25(15-16)21-23-18-12-6-7-13-19(18)24-21/h6-7,12-13,16-17H,1-5,8-11,14-15H2,(H,22,26)(H,23,24). The van der Waals surface area contributed by atoms with E-state index in [9.17, 15) is 4.79 Å². The number of fused-ring (bicyclic) bond motifs is 1. The highest BCUT2D eigenvalue weighted by atomic mass is 16.2. The summed E-state index contributed by atoms with van der Waals surface area (Å²) < 4.78 is 0. The molecule has 1 amide bonds. The summed E-state index contributed by atoms with van der Waals surface area (Å²) in [4.78, 5) is 23.2. The number of imidazole rings is 1. The first-order chi connectivity index (χ1) is 12.8. The van der Waals surface area contributed by atoms with Crippen LogP contribution in [-0.2, 0) is 4.79 Å². The number of benzene rings is 1. The number of aromatic nitrogens is 2. The van der Waals surface area contributed by atoms with Gasteiger partial charge in [0.15, 0.2) is 0 Å². The Labute approximate surface area is 155 Å². The van der Waals surface area contributed by atoms with Gasteiger partial charge in [-0.3, -0.25) is 4.79 Å². The second-order valence-corrected chi connectivity index (χ2v) is 7.91. The minimum Gasteiger partial charge on any atom is -0.353 e. The average Bonchev–Trinajstić information content (AvgIpc) is 3.08. The number of hydrogen-bond acceptors (Lipinski definition) is 3. The Morgan fingerprint density at radius 3 is 2.62 bits per heavy atom. The normalized spacial score (nSPS) is 22.8. The number of carbonyl (C=O) groups is 1. The van der Waals surface area contributed by atoms with Crippen LogP contribution in [0.15, 0.2) is 24.3 Å². The van der Waals surface area contributed by atoms with E-state index in [0.717, 1.165) is 55.8 Å². The molecule has 4 rings (SSSR count). The topological polar surface area (TPSA) is 61.0 Å². The van der Waals surface area contributed by atoms with Crippen LogP contribution in [0.1, 0.15) is 57.8 Å². The summed E-state index contributed by atoms with van der Waals surface area (Å²) in [7, 11) is 0. The van der Waals surface area contributed by atoms with E-state index in [2.05, 4.69) is 21.3 Å². The highest BCUT2D eigenvalue weighted by molar-refractivity contribution is 5.80. The van der Waals surface area contributed by atoms with Gasteiger partial charge in [0.05, 0.1) is 17.0 Å². The molecule has 2 fully saturated rings. The minimum atomic E-state index is 0.0717. The van der Waals surface area contributed by atoms with E-state index < -0.39 is 0 Å². The van der Waals surface area contributed by atoms with E-state index in [1.54, 1.807) is 0 Å². The van der Waals surface area contributed by atoms with Crippen LogP contribution in [0.3, 0.4) is 0 Å². The van der Waals surface area contributed by atoms with Gasteiger partial charge in [-0.15, -0.1) is 0 Å². The van der Waals surface area contributed by atoms with Crippen molar-refractivity contribution in [2.24, 2.45) is 5.92 Å². The van der Waals surface area contributed by atoms with Gasteiger partial charge < -0.3 is 15.2 Å². The highest BCUT2D eigenvalue weighted by Gasteiger charge is 2.28. The lowest BCUT2D eigenvalue weighted by atomic mass is 9.94. The summed E-state index contributed by atoms with van der Waals surface area (Å²) in [5, 5.41) is 3.36. The number of piperidine rings is 1. The van der Waals surface area contributed by atoms with E-state index in [4.69, 9.17) is 4.98 Å². The maximum Gasteiger partial charge on any atom is 0.225 e. The first kappa shape index (κ1) is 17.4. The number of anilines is 1. The van der Waals surface area contributed by atoms with Crippen LogP contribution in [0.25, 0.3) is 11.0 Å². The van der Waals surface area contributed by atoms with E-state index >= 15 is 0 Å². The zero-order valence-corrected chi connectivity index (χ0v) is 15.5. The van der Waals surface area contributed by atoms with Crippen molar-refractivity contribution in [1.82, 2.24) is 15.3 Å². The predicted octanol–water partition coefficient (Wildman–Crippen LogP) is 4.01. The summed E-state index contributed by atoms with van der Waals surface area (Å²) >= 11 is 0. The third-order valence-electron chi connectivity index (χ3n) is 5.92. The van der Waals surface area contributed by atoms with Crippen LogP contribution < -0.4 is 10.2 Å². The number of hydrogen-bond donors (Lipinski definition) is 2. The van der Waals surface area contributed by atoms with Gasteiger partial charge in [-0.25, -0.2) is 4.98 Å². The number of para-hydroxylation sites is 2. The third kappa shape index (κ3) is 4.02. The smallest absolute Gasteiger partial charge is 0.225 e. The van der Waals surface area contributed by atoms with Crippen LogP contribution in [0, 0.1) is 5.92 Å². The largest absolute Gasteiger partial charge is 0.353 e. The van der Waals surface area contributed by atoms with Gasteiger partial charge in [0.25, 0.3) is 0 Å². The molecule has 1 atom stereocenters. The van der Waals surface area contributed by atoms with Crippen molar-refractivity contribution in [1.29, 1.82) is 0 Å². The highest BCUT2D eigenvalue weighted by Crippen LogP contribution is 2.24. The molecule has 0 radical (unpaired) electrons. The molecule has 0 spiro atoms. The van der Waals surface area contributed by atoms with Gasteiger partial charge in [0.1, 0.15) is 0 Å². The van der Waals surface area contributed by atoms with E-state index in [1.807, 2.05) is 18.2 Å². The van der Waals surface area contributed by atoms with Crippen molar-refractivity contribution in [3.8, 4) is 0 Å². The quantitative estimate of drug-likeness (QED) is 0.875. The van der Waals surface area contributed by atoms with Crippen molar-refractivity contribution in [3.05, 3.63) is 24.3 Å². The third-order valence-corrected chi connectivity index (χ3v) is 5.92. The summed E-state index contributed by atoms with van der Waals surface area (Å²) in [5.41, 5.74) is 2.05. The molecule has 5 nitrogen and oxygen atoms in total. The fourth-order valence-electron chi connectivity index (χ4n) is 4.39.